The minimum Gasteiger partial charge on any atom is -0.193 e. The summed E-state index contributed by atoms with van der Waals surface area (Å²) in [6.07, 6.45) is 1.18. The summed E-state index contributed by atoms with van der Waals surface area (Å²) in [4.78, 5) is 0. The van der Waals surface area contributed by atoms with Crippen LogP contribution in [0, 0.1) is 11.3 Å². The van der Waals surface area contributed by atoms with E-state index in [0.29, 0.717) is 0 Å². The predicted molar refractivity (Wildman–Crippen MR) is 15.8 cm³/mol. The van der Waals surface area contributed by atoms with E-state index in [-0.39, 0.29) is 20.4 Å². The third-order valence-corrected chi connectivity index (χ3v) is 0.0913. The maximum Gasteiger partial charge on any atom is 0.0905 e. The average molecular weight is 159 g/mol. The average Bonchev–Trinajstić information content (AvgIpc) is 1.37. The molecule has 0 aliphatic heterocycles. The van der Waals surface area contributed by atoms with Crippen molar-refractivity contribution in [2.24, 2.45) is 0 Å². The molecule has 0 unspecified atom stereocenters. The Morgan fingerprint density at radius 1 is 1.80 bits per heavy atom. The molecular weight excluding hydrogens is 156 g/mol. The Kier molecular flexibility index (Phi) is 16.1. The molecule has 0 aliphatic carbocycles. The van der Waals surface area contributed by atoms with Gasteiger partial charge in [-0.25, -0.2) is 0 Å². The van der Waals surface area contributed by atoms with Gasteiger partial charge in [0.25, 0.3) is 0 Å². The molecule has 0 saturated heterocycles. The van der Waals surface area contributed by atoms with Crippen LogP contribution in [0.5, 0.6) is 0 Å². The van der Waals surface area contributed by atoms with Crippen molar-refractivity contribution in [1.29, 1.82) is 5.26 Å². The second-order valence-electron chi connectivity index (χ2n) is 0.333. The van der Waals surface area contributed by atoms with Crippen molar-refractivity contribution < 1.29 is 20.4 Å². The number of nitrogens with zero attached hydrogens (tertiary/aromatic N) is 1. The van der Waals surface area contributed by atoms with Crippen molar-refractivity contribution in [3.8, 4) is 6.07 Å². The third-order valence-electron chi connectivity index (χ3n) is 0.0913. The van der Waals surface area contributed by atoms with Gasteiger partial charge in [-0.2, -0.15) is 5.26 Å². The molecule has 2 heteroatoms. The van der Waals surface area contributed by atoms with Gasteiger partial charge in [-0.3, -0.25) is 0 Å². The molecule has 0 aromatic heterocycles. The Balaban J connectivity index is 0. The zero-order valence-corrected chi connectivity index (χ0v) is 4.10. The molecule has 0 aromatic rings. The minimum atomic E-state index is 0. The Morgan fingerprint density at radius 3 is 2.00 bits per heavy atom. The second-order valence-corrected chi connectivity index (χ2v) is 0.333. The van der Waals surface area contributed by atoms with Crippen LogP contribution < -0.4 is 0 Å². The van der Waals surface area contributed by atoms with Crippen molar-refractivity contribution in [2.75, 3.05) is 0 Å². The summed E-state index contributed by atoms with van der Waals surface area (Å²) in [5, 5.41) is 7.51. The summed E-state index contributed by atoms with van der Waals surface area (Å²) in [6.45, 7) is 3.12. The predicted octanol–water partition coefficient (Wildman–Crippen LogP) is 0.693. The molecule has 0 bridgehead atoms. The summed E-state index contributed by atoms with van der Waals surface area (Å²) < 4.78 is 0. The molecule has 0 heterocycles. The Labute approximate surface area is 45.0 Å². The first-order valence-electron chi connectivity index (χ1n) is 0.921. The summed E-state index contributed by atoms with van der Waals surface area (Å²) in [5.74, 6) is 0. The van der Waals surface area contributed by atoms with E-state index < -0.39 is 0 Å². The van der Waals surface area contributed by atoms with Gasteiger partial charge in [0.1, 0.15) is 0 Å². The Morgan fingerprint density at radius 2 is 2.00 bits per heavy atom. The molecule has 0 radical (unpaired) electrons. The molecule has 0 spiro atoms. The fourth-order valence-electron chi connectivity index (χ4n) is 0. The van der Waals surface area contributed by atoms with Crippen LogP contribution in [0.2, 0.25) is 0 Å². The van der Waals surface area contributed by atoms with Crippen molar-refractivity contribution in [3.63, 3.8) is 0 Å². The molecular formula is C3H3NPd. The van der Waals surface area contributed by atoms with E-state index in [4.69, 9.17) is 5.26 Å². The molecule has 0 N–H and O–H groups in total. The first kappa shape index (κ1) is 8.86. The summed E-state index contributed by atoms with van der Waals surface area (Å²) in [7, 11) is 0. The molecule has 0 atom stereocenters. The topological polar surface area (TPSA) is 23.8 Å². The molecule has 5 heavy (non-hydrogen) atoms. The summed E-state index contributed by atoms with van der Waals surface area (Å²) in [5.41, 5.74) is 0. The van der Waals surface area contributed by atoms with E-state index >= 15 is 0 Å². The van der Waals surface area contributed by atoms with Gasteiger partial charge in [-0.1, -0.05) is 6.58 Å². The Bertz CT molecular complexity index is 52.4. The van der Waals surface area contributed by atoms with Crippen LogP contribution in [-0.4, -0.2) is 0 Å². The summed E-state index contributed by atoms with van der Waals surface area (Å²) >= 11 is 0. The van der Waals surface area contributed by atoms with Gasteiger partial charge < -0.3 is 0 Å². The van der Waals surface area contributed by atoms with Crippen LogP contribution in [0.25, 0.3) is 0 Å². The number of hydrogen-bond acceptors (Lipinski definition) is 1. The second kappa shape index (κ2) is 9.09. The van der Waals surface area contributed by atoms with Crippen LogP contribution in [-0.2, 0) is 20.4 Å². The van der Waals surface area contributed by atoms with Crippen LogP contribution in [0.4, 0.5) is 0 Å². The van der Waals surface area contributed by atoms with E-state index in [2.05, 4.69) is 6.58 Å². The SMILES string of the molecule is C=CC#N.[Pd]. The number of nitriles is 1. The van der Waals surface area contributed by atoms with Gasteiger partial charge in [0.15, 0.2) is 0 Å². The van der Waals surface area contributed by atoms with Crippen LogP contribution >= 0.6 is 0 Å². The standard InChI is InChI=1S/C3H3N.Pd/c1-2-3-4;/h2H,1H2;. The molecule has 0 rings (SSSR count). The maximum absolute atomic E-state index is 7.51. The largest absolute Gasteiger partial charge is 0.193 e. The minimum absolute atomic E-state index is 0. The first-order chi connectivity index (χ1) is 1.91. The number of hydrogen-bond donors (Lipinski definition) is 0. The van der Waals surface area contributed by atoms with Crippen molar-refractivity contribution >= 4 is 0 Å². The molecule has 0 saturated carbocycles. The number of allylic oxidation sites excluding steroid dienone is 1. The third kappa shape index (κ3) is 17.5. The monoisotopic (exact) mass is 159 g/mol. The fourth-order valence-corrected chi connectivity index (χ4v) is 0. The molecule has 0 fully saturated rings. The van der Waals surface area contributed by atoms with Gasteiger partial charge in [0.05, 0.1) is 6.07 Å². The summed E-state index contributed by atoms with van der Waals surface area (Å²) in [6, 6.07) is 1.69. The van der Waals surface area contributed by atoms with E-state index in [0.717, 1.165) is 0 Å². The van der Waals surface area contributed by atoms with Crippen molar-refractivity contribution in [3.05, 3.63) is 12.7 Å². The molecule has 0 amide bonds. The molecule has 0 aromatic carbocycles. The number of rotatable bonds is 0. The van der Waals surface area contributed by atoms with Gasteiger partial charge >= 0.3 is 0 Å². The van der Waals surface area contributed by atoms with E-state index in [1.165, 1.54) is 6.08 Å². The zero-order valence-electron chi connectivity index (χ0n) is 2.55. The van der Waals surface area contributed by atoms with Gasteiger partial charge in [-0.05, 0) is 0 Å². The van der Waals surface area contributed by atoms with Crippen LogP contribution in [0.1, 0.15) is 0 Å². The first-order valence-corrected chi connectivity index (χ1v) is 0.921. The maximum atomic E-state index is 7.51. The van der Waals surface area contributed by atoms with Crippen molar-refractivity contribution in [2.45, 2.75) is 0 Å². The molecule has 30 valence electrons. The molecule has 0 aliphatic rings. The van der Waals surface area contributed by atoms with Gasteiger partial charge in [0, 0.05) is 26.5 Å². The van der Waals surface area contributed by atoms with E-state index in [1.807, 2.05) is 0 Å². The van der Waals surface area contributed by atoms with Gasteiger partial charge in [-0.15, -0.1) is 0 Å². The quantitative estimate of drug-likeness (QED) is 0.377. The smallest absolute Gasteiger partial charge is 0.0905 e. The fraction of sp³-hybridized carbons (Fsp3) is 0. The van der Waals surface area contributed by atoms with E-state index in [9.17, 15) is 0 Å². The van der Waals surface area contributed by atoms with Crippen LogP contribution in [0.15, 0.2) is 12.7 Å². The normalized spacial score (nSPS) is 3.00. The van der Waals surface area contributed by atoms with E-state index in [1.54, 1.807) is 6.07 Å². The zero-order chi connectivity index (χ0) is 3.41. The van der Waals surface area contributed by atoms with Gasteiger partial charge in [0.2, 0.25) is 0 Å². The Hall–Kier alpha value is -0.108. The van der Waals surface area contributed by atoms with Crippen molar-refractivity contribution in [1.82, 2.24) is 0 Å². The van der Waals surface area contributed by atoms with Crippen LogP contribution in [0.3, 0.4) is 0 Å². The molecule has 1 nitrogen and oxygen atoms in total.